The van der Waals surface area contributed by atoms with Crippen LogP contribution in [0.5, 0.6) is 5.75 Å². The Kier molecular flexibility index (Phi) is 5.94. The second-order valence-electron chi connectivity index (χ2n) is 6.58. The third-order valence-corrected chi connectivity index (χ3v) is 4.96. The molecule has 0 radical (unpaired) electrons. The lowest BCUT2D eigenvalue weighted by molar-refractivity contribution is -0.136. The summed E-state index contributed by atoms with van der Waals surface area (Å²) in [7, 11) is 0. The monoisotopic (exact) mass is 371 g/mol. The van der Waals surface area contributed by atoms with Crippen molar-refractivity contribution in [1.29, 1.82) is 0 Å². The Morgan fingerprint density at radius 3 is 2.27 bits per heavy atom. The highest BCUT2D eigenvalue weighted by Gasteiger charge is 2.23. The number of hydrogen-bond acceptors (Lipinski definition) is 3. The third kappa shape index (κ3) is 4.44. The summed E-state index contributed by atoms with van der Waals surface area (Å²) >= 11 is 5.85. The molecule has 0 spiro atoms. The van der Waals surface area contributed by atoms with E-state index >= 15 is 0 Å². The molecule has 0 aromatic heterocycles. The summed E-state index contributed by atoms with van der Waals surface area (Å²) in [6, 6.07) is 13.9. The average molecular weight is 372 g/mol. The second kappa shape index (κ2) is 8.37. The fraction of sp³-hybridized carbons (Fsp3) is 0.333. The zero-order valence-electron chi connectivity index (χ0n) is 14.8. The van der Waals surface area contributed by atoms with Gasteiger partial charge in [0.05, 0.1) is 0 Å². The first kappa shape index (κ1) is 18.5. The van der Waals surface area contributed by atoms with Gasteiger partial charge in [-0.1, -0.05) is 11.6 Å². The molecular formula is C21H22ClNO3. The highest BCUT2D eigenvalue weighted by atomic mass is 35.5. The first-order valence-electron chi connectivity index (χ1n) is 8.87. The Balaban J connectivity index is 1.58. The Hall–Kier alpha value is -2.33. The number of halogens is 1. The summed E-state index contributed by atoms with van der Waals surface area (Å²) in [6.07, 6.45) is 3.28. The van der Waals surface area contributed by atoms with E-state index in [1.54, 1.807) is 48.5 Å². The van der Waals surface area contributed by atoms with Crippen LogP contribution in [0.15, 0.2) is 48.5 Å². The number of hydrogen-bond donors (Lipinski definition) is 0. The van der Waals surface area contributed by atoms with Gasteiger partial charge in [0.15, 0.2) is 12.4 Å². The molecule has 5 heteroatoms. The zero-order chi connectivity index (χ0) is 18.5. The summed E-state index contributed by atoms with van der Waals surface area (Å²) in [5.41, 5.74) is 1.15. The summed E-state index contributed by atoms with van der Waals surface area (Å²) in [4.78, 5) is 26.6. The van der Waals surface area contributed by atoms with Crippen molar-refractivity contribution < 1.29 is 14.3 Å². The molecule has 2 aromatic carbocycles. The minimum atomic E-state index is -0.0774. The van der Waals surface area contributed by atoms with Crippen molar-refractivity contribution in [3.05, 3.63) is 64.7 Å². The SMILES string of the molecule is C[C@@H]1CCCCN1C(=O)COc1ccc(C(=O)c2ccc(Cl)cc2)cc1. The number of benzene rings is 2. The van der Waals surface area contributed by atoms with Crippen molar-refractivity contribution in [2.75, 3.05) is 13.2 Å². The predicted octanol–water partition coefficient (Wildman–Crippen LogP) is 4.35. The first-order chi connectivity index (χ1) is 12.5. The molecule has 0 unspecified atom stereocenters. The molecule has 1 atom stereocenters. The normalized spacial score (nSPS) is 17.0. The van der Waals surface area contributed by atoms with Crippen molar-refractivity contribution in [2.24, 2.45) is 0 Å². The van der Waals surface area contributed by atoms with Gasteiger partial charge in [-0.2, -0.15) is 0 Å². The third-order valence-electron chi connectivity index (χ3n) is 4.71. The predicted molar refractivity (Wildman–Crippen MR) is 102 cm³/mol. The van der Waals surface area contributed by atoms with Gasteiger partial charge in [-0.15, -0.1) is 0 Å². The van der Waals surface area contributed by atoms with Gasteiger partial charge in [-0.05, 0) is 74.7 Å². The molecule has 1 aliphatic heterocycles. The number of carbonyl (C=O) groups is 2. The fourth-order valence-electron chi connectivity index (χ4n) is 3.17. The number of ketones is 1. The summed E-state index contributed by atoms with van der Waals surface area (Å²) in [5.74, 6) is 0.514. The second-order valence-corrected chi connectivity index (χ2v) is 7.02. The van der Waals surface area contributed by atoms with E-state index in [2.05, 4.69) is 6.92 Å². The summed E-state index contributed by atoms with van der Waals surface area (Å²) in [6.45, 7) is 2.90. The Morgan fingerprint density at radius 1 is 1.04 bits per heavy atom. The molecule has 0 saturated carbocycles. The van der Waals surface area contributed by atoms with Gasteiger partial charge in [-0.3, -0.25) is 9.59 Å². The molecule has 136 valence electrons. The minimum absolute atomic E-state index is 0.0125. The van der Waals surface area contributed by atoms with Gasteiger partial charge < -0.3 is 9.64 Å². The van der Waals surface area contributed by atoms with E-state index in [9.17, 15) is 9.59 Å². The lowest BCUT2D eigenvalue weighted by Crippen LogP contribution is -2.44. The Labute approximate surface area is 158 Å². The largest absolute Gasteiger partial charge is 0.484 e. The van der Waals surface area contributed by atoms with E-state index in [-0.39, 0.29) is 24.3 Å². The average Bonchev–Trinajstić information content (AvgIpc) is 2.67. The topological polar surface area (TPSA) is 46.6 Å². The van der Waals surface area contributed by atoms with Crippen LogP contribution in [0.25, 0.3) is 0 Å². The van der Waals surface area contributed by atoms with Crippen LogP contribution in [0.4, 0.5) is 0 Å². The van der Waals surface area contributed by atoms with Crippen LogP contribution in [-0.2, 0) is 4.79 Å². The Morgan fingerprint density at radius 2 is 1.65 bits per heavy atom. The van der Waals surface area contributed by atoms with Crippen LogP contribution in [0.3, 0.4) is 0 Å². The quantitative estimate of drug-likeness (QED) is 0.734. The standard InChI is InChI=1S/C21H22ClNO3/c1-15-4-2-3-13-23(15)20(24)14-26-19-11-7-17(8-12-19)21(25)16-5-9-18(22)10-6-16/h5-12,15H,2-4,13-14H2,1H3/t15-/m1/s1. The molecule has 3 rings (SSSR count). The van der Waals surface area contributed by atoms with Crippen molar-refractivity contribution in [2.45, 2.75) is 32.2 Å². The fourth-order valence-corrected chi connectivity index (χ4v) is 3.29. The number of piperidine rings is 1. The highest BCUT2D eigenvalue weighted by molar-refractivity contribution is 6.30. The van der Waals surface area contributed by atoms with E-state index in [4.69, 9.17) is 16.3 Å². The first-order valence-corrected chi connectivity index (χ1v) is 9.25. The molecule has 4 nitrogen and oxygen atoms in total. The van der Waals surface area contributed by atoms with Gasteiger partial charge in [0, 0.05) is 28.7 Å². The molecule has 1 amide bonds. The number of likely N-dealkylation sites (tertiary alicyclic amines) is 1. The van der Waals surface area contributed by atoms with E-state index in [1.807, 2.05) is 4.90 Å². The molecule has 1 fully saturated rings. The summed E-state index contributed by atoms with van der Waals surface area (Å²) < 4.78 is 5.61. The van der Waals surface area contributed by atoms with Crippen molar-refractivity contribution >= 4 is 23.3 Å². The van der Waals surface area contributed by atoms with Gasteiger partial charge >= 0.3 is 0 Å². The van der Waals surface area contributed by atoms with E-state index in [0.29, 0.717) is 21.9 Å². The molecule has 1 heterocycles. The molecule has 26 heavy (non-hydrogen) atoms. The molecule has 1 aliphatic rings. The van der Waals surface area contributed by atoms with E-state index in [1.165, 1.54) is 6.42 Å². The van der Waals surface area contributed by atoms with Crippen LogP contribution in [0.1, 0.15) is 42.1 Å². The number of ether oxygens (including phenoxy) is 1. The Bertz CT molecular complexity index is 771. The van der Waals surface area contributed by atoms with Crippen LogP contribution in [0.2, 0.25) is 5.02 Å². The smallest absolute Gasteiger partial charge is 0.260 e. The van der Waals surface area contributed by atoms with Gasteiger partial charge in [0.1, 0.15) is 5.75 Å². The molecule has 2 aromatic rings. The van der Waals surface area contributed by atoms with Crippen molar-refractivity contribution in [1.82, 2.24) is 4.90 Å². The van der Waals surface area contributed by atoms with Crippen LogP contribution in [0, 0.1) is 0 Å². The number of rotatable bonds is 5. The minimum Gasteiger partial charge on any atom is -0.484 e. The number of nitrogens with zero attached hydrogens (tertiary/aromatic N) is 1. The van der Waals surface area contributed by atoms with Crippen molar-refractivity contribution in [3.63, 3.8) is 0 Å². The lowest BCUT2D eigenvalue weighted by Gasteiger charge is -2.33. The lowest BCUT2D eigenvalue weighted by atomic mass is 10.0. The zero-order valence-corrected chi connectivity index (χ0v) is 15.5. The maximum atomic E-state index is 12.4. The molecule has 0 aliphatic carbocycles. The number of carbonyl (C=O) groups excluding carboxylic acids is 2. The van der Waals surface area contributed by atoms with Gasteiger partial charge in [0.2, 0.25) is 0 Å². The van der Waals surface area contributed by atoms with Crippen LogP contribution < -0.4 is 4.74 Å². The maximum absolute atomic E-state index is 12.4. The number of amides is 1. The van der Waals surface area contributed by atoms with Crippen molar-refractivity contribution in [3.8, 4) is 5.75 Å². The van der Waals surface area contributed by atoms with E-state index < -0.39 is 0 Å². The van der Waals surface area contributed by atoms with Gasteiger partial charge in [0.25, 0.3) is 5.91 Å². The van der Waals surface area contributed by atoms with Gasteiger partial charge in [-0.25, -0.2) is 0 Å². The highest BCUT2D eigenvalue weighted by Crippen LogP contribution is 2.19. The molecule has 1 saturated heterocycles. The molecule has 0 bridgehead atoms. The maximum Gasteiger partial charge on any atom is 0.260 e. The van der Waals surface area contributed by atoms with E-state index in [0.717, 1.165) is 19.4 Å². The van der Waals surface area contributed by atoms with Crippen LogP contribution >= 0.6 is 11.6 Å². The van der Waals surface area contributed by atoms with Crippen LogP contribution in [-0.4, -0.2) is 35.8 Å². The summed E-state index contributed by atoms with van der Waals surface area (Å²) in [5, 5.41) is 0.595. The molecular weight excluding hydrogens is 350 g/mol. The molecule has 0 N–H and O–H groups in total.